The molecule has 4 rings (SSSR count). The summed E-state index contributed by atoms with van der Waals surface area (Å²) in [4.78, 5) is 30.9. The Labute approximate surface area is 260 Å². The molecule has 2 aromatic carbocycles. The first-order valence-electron chi connectivity index (χ1n) is 14.3. The third-order valence-corrected chi connectivity index (χ3v) is 8.57. The average molecular weight is 625 g/mol. The lowest BCUT2D eigenvalue weighted by Gasteiger charge is -2.39. The molecule has 2 heterocycles. The number of nitriles is 1. The van der Waals surface area contributed by atoms with Gasteiger partial charge < -0.3 is 29.5 Å². The van der Waals surface area contributed by atoms with Crippen molar-refractivity contribution in [3.63, 3.8) is 0 Å². The summed E-state index contributed by atoms with van der Waals surface area (Å²) in [6.45, 7) is 7.62. The summed E-state index contributed by atoms with van der Waals surface area (Å²) in [6.07, 6.45) is -1.51. The van der Waals surface area contributed by atoms with Gasteiger partial charge in [0.2, 0.25) is 0 Å². The fourth-order valence-corrected chi connectivity index (χ4v) is 6.12. The van der Waals surface area contributed by atoms with Gasteiger partial charge in [0.25, 0.3) is 5.91 Å². The molecule has 0 radical (unpaired) electrons. The second-order valence-electron chi connectivity index (χ2n) is 10.6. The van der Waals surface area contributed by atoms with E-state index >= 15 is 0 Å². The van der Waals surface area contributed by atoms with Gasteiger partial charge in [-0.1, -0.05) is 26.0 Å². The molecule has 12 heteroatoms. The summed E-state index contributed by atoms with van der Waals surface area (Å²) < 4.78 is 31.4. The van der Waals surface area contributed by atoms with E-state index in [1.807, 2.05) is 18.7 Å². The third kappa shape index (κ3) is 6.96. The average Bonchev–Trinajstić information content (AvgIpc) is 3.36. The minimum atomic E-state index is -0.862. The normalized spacial score (nSPS) is 14.2. The zero-order valence-corrected chi connectivity index (χ0v) is 26.2. The van der Waals surface area contributed by atoms with Gasteiger partial charge in [-0.3, -0.25) is 9.69 Å². The van der Waals surface area contributed by atoms with Gasteiger partial charge in [0, 0.05) is 5.56 Å². The number of halogens is 1. The Hall–Kier alpha value is -4.18. The molecule has 1 amide bonds. The van der Waals surface area contributed by atoms with E-state index in [-0.39, 0.29) is 44.7 Å². The fourth-order valence-electron chi connectivity index (χ4n) is 4.93. The summed E-state index contributed by atoms with van der Waals surface area (Å²) >= 11 is 1.15. The largest absolute Gasteiger partial charge is 0.496 e. The number of thiophene rings is 1. The highest BCUT2D eigenvalue weighted by atomic mass is 32.1. The number of amides is 1. The Morgan fingerprint density at radius 1 is 1.25 bits per heavy atom. The Bertz CT molecular complexity index is 1540. The van der Waals surface area contributed by atoms with Gasteiger partial charge in [-0.15, -0.1) is 11.3 Å². The van der Waals surface area contributed by atoms with Crippen LogP contribution in [0.4, 0.5) is 20.8 Å². The Kier molecular flexibility index (Phi) is 10.8. The van der Waals surface area contributed by atoms with E-state index in [0.29, 0.717) is 43.7 Å². The van der Waals surface area contributed by atoms with Crippen molar-refractivity contribution in [2.24, 2.45) is 5.92 Å². The molecular weight excluding hydrogens is 587 g/mol. The van der Waals surface area contributed by atoms with Crippen LogP contribution in [0.15, 0.2) is 42.5 Å². The van der Waals surface area contributed by atoms with Crippen LogP contribution in [-0.2, 0) is 9.47 Å². The van der Waals surface area contributed by atoms with Crippen LogP contribution >= 0.6 is 11.3 Å². The van der Waals surface area contributed by atoms with Crippen LogP contribution in [0.5, 0.6) is 5.75 Å². The topological polar surface area (TPSA) is 124 Å². The van der Waals surface area contributed by atoms with Crippen LogP contribution in [0.25, 0.3) is 0 Å². The molecule has 3 aromatic rings. The molecule has 0 saturated carbocycles. The smallest absolute Gasteiger partial charge is 0.348 e. The standard InChI is InChI=1S/C32H37FN4O6S/c1-6-42-32(40)28-20(4)27-30(39)37(24-11-8-7-10-23(24)35-29(38)19(2)3)18-36(31(27)44-28)17-26(43-15-9-14-34)22-16-21(33)12-13-25(22)41-5/h7-8,10-13,16,19,26,29,35,38H,6,9,15,17-18H2,1-5H3. The molecular formula is C32H37FN4O6S. The number of hydrogen-bond donors (Lipinski definition) is 2. The molecule has 0 fully saturated rings. The zero-order chi connectivity index (χ0) is 32.0. The molecule has 1 aliphatic rings. The second kappa shape index (κ2) is 14.5. The van der Waals surface area contributed by atoms with Crippen molar-refractivity contribution < 1.29 is 33.3 Å². The highest BCUT2D eigenvalue weighted by Crippen LogP contribution is 2.43. The van der Waals surface area contributed by atoms with Crippen LogP contribution in [-0.4, -0.2) is 56.7 Å². The van der Waals surface area contributed by atoms with Crippen LogP contribution in [0.3, 0.4) is 0 Å². The van der Waals surface area contributed by atoms with Crippen molar-refractivity contribution in [2.75, 3.05) is 48.7 Å². The number of benzene rings is 2. The second-order valence-corrected chi connectivity index (χ2v) is 11.6. The molecule has 0 aliphatic carbocycles. The monoisotopic (exact) mass is 624 g/mol. The van der Waals surface area contributed by atoms with Crippen LogP contribution in [0, 0.1) is 30.0 Å². The van der Waals surface area contributed by atoms with Crippen molar-refractivity contribution in [1.29, 1.82) is 5.26 Å². The highest BCUT2D eigenvalue weighted by Gasteiger charge is 2.38. The number of carbonyl (C=O) groups excluding carboxylic acids is 2. The van der Waals surface area contributed by atoms with E-state index in [1.54, 1.807) is 43.0 Å². The molecule has 1 aliphatic heterocycles. The van der Waals surface area contributed by atoms with E-state index in [1.165, 1.54) is 25.3 Å². The molecule has 2 unspecified atom stereocenters. The van der Waals surface area contributed by atoms with E-state index in [4.69, 9.17) is 19.5 Å². The maximum Gasteiger partial charge on any atom is 0.348 e. The number of ether oxygens (including phenoxy) is 3. The molecule has 0 spiro atoms. The third-order valence-electron chi connectivity index (χ3n) is 7.23. The number of hydrogen-bond acceptors (Lipinski definition) is 10. The number of aliphatic hydroxyl groups excluding tert-OH is 1. The lowest BCUT2D eigenvalue weighted by molar-refractivity contribution is 0.0531. The Balaban J connectivity index is 1.84. The quantitative estimate of drug-likeness (QED) is 0.137. The Morgan fingerprint density at radius 3 is 2.68 bits per heavy atom. The van der Waals surface area contributed by atoms with Crippen molar-refractivity contribution in [1.82, 2.24) is 0 Å². The SMILES string of the molecule is CCOC(=O)c1sc2c(c1C)C(=O)N(c1ccccc1NC(O)C(C)C)CN2CC(OCCC#N)c1cc(F)ccc1OC. The number of para-hydroxylation sites is 2. The number of nitrogens with one attached hydrogen (secondary N) is 1. The van der Waals surface area contributed by atoms with Gasteiger partial charge in [-0.2, -0.15) is 5.26 Å². The molecule has 44 heavy (non-hydrogen) atoms. The molecule has 10 nitrogen and oxygen atoms in total. The Morgan fingerprint density at radius 2 is 2.00 bits per heavy atom. The zero-order valence-electron chi connectivity index (χ0n) is 25.4. The number of fused-ring (bicyclic) bond motifs is 1. The molecule has 0 bridgehead atoms. The maximum atomic E-state index is 14.5. The van der Waals surface area contributed by atoms with Crippen LogP contribution < -0.4 is 19.9 Å². The van der Waals surface area contributed by atoms with E-state index in [9.17, 15) is 19.1 Å². The summed E-state index contributed by atoms with van der Waals surface area (Å²) in [5, 5.41) is 23.4. The highest BCUT2D eigenvalue weighted by molar-refractivity contribution is 7.18. The van der Waals surface area contributed by atoms with Gasteiger partial charge in [-0.05, 0) is 55.7 Å². The number of nitrogens with zero attached hydrogens (tertiary/aromatic N) is 3. The summed E-state index contributed by atoms with van der Waals surface area (Å²) in [5.74, 6) is -1.02. The maximum absolute atomic E-state index is 14.5. The van der Waals surface area contributed by atoms with Gasteiger partial charge in [0.1, 0.15) is 33.8 Å². The number of methoxy groups -OCH3 is 1. The van der Waals surface area contributed by atoms with E-state index in [0.717, 1.165) is 11.3 Å². The number of rotatable bonds is 13. The van der Waals surface area contributed by atoms with E-state index < -0.39 is 24.1 Å². The molecule has 1 aromatic heterocycles. The molecule has 2 atom stereocenters. The van der Waals surface area contributed by atoms with Gasteiger partial charge >= 0.3 is 5.97 Å². The first-order chi connectivity index (χ1) is 21.1. The molecule has 234 valence electrons. The number of aliphatic hydroxyl groups is 1. The summed E-state index contributed by atoms with van der Waals surface area (Å²) in [6, 6.07) is 13.4. The predicted octanol–water partition coefficient (Wildman–Crippen LogP) is 5.86. The van der Waals surface area contributed by atoms with Gasteiger partial charge in [0.05, 0.1) is 63.0 Å². The first kappa shape index (κ1) is 32.7. The number of anilines is 3. The van der Waals surface area contributed by atoms with Crippen LogP contribution in [0.2, 0.25) is 0 Å². The van der Waals surface area contributed by atoms with Crippen molar-refractivity contribution in [2.45, 2.75) is 46.4 Å². The van der Waals surface area contributed by atoms with Crippen molar-refractivity contribution in [3.8, 4) is 11.8 Å². The number of esters is 1. The van der Waals surface area contributed by atoms with E-state index in [2.05, 4.69) is 11.4 Å². The first-order valence-corrected chi connectivity index (χ1v) is 15.2. The minimum absolute atomic E-state index is 0.0558. The van der Waals surface area contributed by atoms with Gasteiger partial charge in [0.15, 0.2) is 0 Å². The number of carbonyl (C=O) groups is 2. The fraction of sp³-hybridized carbons (Fsp3) is 0.406. The summed E-state index contributed by atoms with van der Waals surface area (Å²) in [5.41, 5.74) is 2.35. The lowest BCUT2D eigenvalue weighted by atomic mass is 10.0. The van der Waals surface area contributed by atoms with Crippen molar-refractivity contribution in [3.05, 3.63) is 69.8 Å². The molecule has 2 N–H and O–H groups in total. The predicted molar refractivity (Wildman–Crippen MR) is 167 cm³/mol. The van der Waals surface area contributed by atoms with Crippen molar-refractivity contribution >= 4 is 39.6 Å². The van der Waals surface area contributed by atoms with Gasteiger partial charge in [-0.25, -0.2) is 9.18 Å². The lowest BCUT2D eigenvalue weighted by Crippen LogP contribution is -2.48. The molecule has 0 saturated heterocycles. The minimum Gasteiger partial charge on any atom is -0.496 e. The van der Waals surface area contributed by atoms with Crippen LogP contribution in [0.1, 0.15) is 64.5 Å². The summed E-state index contributed by atoms with van der Waals surface area (Å²) in [7, 11) is 1.48.